The maximum atomic E-state index is 13.1. The Morgan fingerprint density at radius 3 is 2.58 bits per heavy atom. The van der Waals surface area contributed by atoms with Gasteiger partial charge in [-0.05, 0) is 48.9 Å². The summed E-state index contributed by atoms with van der Waals surface area (Å²) in [6.07, 6.45) is 3.90. The Bertz CT molecular complexity index is 907. The zero-order valence-corrected chi connectivity index (χ0v) is 16.2. The number of carbonyl (C=O) groups is 1. The van der Waals surface area contributed by atoms with Crippen LogP contribution in [0.2, 0.25) is 0 Å². The predicted molar refractivity (Wildman–Crippen MR) is 96.5 cm³/mol. The second kappa shape index (κ2) is 7.28. The van der Waals surface area contributed by atoms with E-state index in [0.717, 1.165) is 36.8 Å². The van der Waals surface area contributed by atoms with E-state index >= 15 is 0 Å². The van der Waals surface area contributed by atoms with Gasteiger partial charge in [-0.3, -0.25) is 4.79 Å². The molecule has 0 spiro atoms. The van der Waals surface area contributed by atoms with E-state index in [1.807, 2.05) is 6.07 Å². The number of ether oxygens (including phenoxy) is 1. The molecule has 3 rings (SSSR count). The van der Waals surface area contributed by atoms with Gasteiger partial charge < -0.3 is 10.1 Å². The molecule has 144 valence electrons. The van der Waals surface area contributed by atoms with E-state index in [0.29, 0.717) is 0 Å². The van der Waals surface area contributed by atoms with Crippen LogP contribution in [0.1, 0.15) is 24.0 Å². The third kappa shape index (κ3) is 3.94. The SMILES string of the molecule is COC(=O)CN[C@H]1CS(=O)(=O)C[C@@H]1S(=O)(=O)c1ccc2c(c1)CCCC2. The Labute approximate surface area is 154 Å². The van der Waals surface area contributed by atoms with E-state index in [9.17, 15) is 21.6 Å². The van der Waals surface area contributed by atoms with E-state index in [4.69, 9.17) is 0 Å². The van der Waals surface area contributed by atoms with Crippen LogP contribution in [-0.2, 0) is 42.0 Å². The van der Waals surface area contributed by atoms with Crippen molar-refractivity contribution in [1.82, 2.24) is 5.32 Å². The van der Waals surface area contributed by atoms with Gasteiger partial charge in [-0.1, -0.05) is 6.07 Å². The highest BCUT2D eigenvalue weighted by molar-refractivity contribution is 7.96. The maximum Gasteiger partial charge on any atom is 0.319 e. The normalized spacial score (nSPS) is 24.8. The van der Waals surface area contributed by atoms with Crippen molar-refractivity contribution in [2.75, 3.05) is 25.2 Å². The number of carbonyl (C=O) groups excluding carboxylic acids is 1. The van der Waals surface area contributed by atoms with E-state index in [2.05, 4.69) is 10.1 Å². The topological polar surface area (TPSA) is 107 Å². The number of esters is 1. The van der Waals surface area contributed by atoms with Crippen molar-refractivity contribution in [3.63, 3.8) is 0 Å². The summed E-state index contributed by atoms with van der Waals surface area (Å²) in [5.41, 5.74) is 2.19. The molecule has 0 saturated carbocycles. The van der Waals surface area contributed by atoms with Crippen molar-refractivity contribution in [2.45, 2.75) is 41.9 Å². The van der Waals surface area contributed by atoms with Crippen LogP contribution >= 0.6 is 0 Å². The molecule has 0 aromatic heterocycles. The first-order valence-corrected chi connectivity index (χ1v) is 12.0. The molecule has 1 aliphatic carbocycles. The molecule has 1 aliphatic heterocycles. The zero-order valence-electron chi connectivity index (χ0n) is 14.6. The highest BCUT2D eigenvalue weighted by atomic mass is 32.2. The van der Waals surface area contributed by atoms with Crippen molar-refractivity contribution >= 4 is 25.6 Å². The second-order valence-electron chi connectivity index (χ2n) is 6.86. The molecule has 9 heteroatoms. The summed E-state index contributed by atoms with van der Waals surface area (Å²) >= 11 is 0. The van der Waals surface area contributed by atoms with Crippen molar-refractivity contribution in [3.8, 4) is 0 Å². The van der Waals surface area contributed by atoms with Gasteiger partial charge in [-0.2, -0.15) is 0 Å². The average Bonchev–Trinajstić information content (AvgIpc) is 2.94. The third-order valence-corrected chi connectivity index (χ3v) is 9.23. The smallest absolute Gasteiger partial charge is 0.319 e. The first kappa shape index (κ1) is 19.3. The number of hydrogen-bond acceptors (Lipinski definition) is 7. The van der Waals surface area contributed by atoms with Gasteiger partial charge in [0.25, 0.3) is 0 Å². The number of benzene rings is 1. The van der Waals surface area contributed by atoms with Crippen molar-refractivity contribution in [2.24, 2.45) is 0 Å². The highest BCUT2D eigenvalue weighted by Gasteiger charge is 2.46. The Morgan fingerprint density at radius 2 is 1.88 bits per heavy atom. The van der Waals surface area contributed by atoms with Gasteiger partial charge in [0.1, 0.15) is 0 Å². The maximum absolute atomic E-state index is 13.1. The Morgan fingerprint density at radius 1 is 1.19 bits per heavy atom. The van der Waals surface area contributed by atoms with Crippen LogP contribution in [0.3, 0.4) is 0 Å². The molecule has 1 aromatic carbocycles. The van der Waals surface area contributed by atoms with Crippen LogP contribution in [0, 0.1) is 0 Å². The molecule has 0 amide bonds. The third-order valence-electron chi connectivity index (χ3n) is 5.08. The quantitative estimate of drug-likeness (QED) is 0.706. The fourth-order valence-electron chi connectivity index (χ4n) is 3.66. The summed E-state index contributed by atoms with van der Waals surface area (Å²) in [7, 11) is -6.12. The molecule has 2 atom stereocenters. The van der Waals surface area contributed by atoms with Crippen molar-refractivity contribution in [3.05, 3.63) is 29.3 Å². The number of sulfone groups is 2. The molecule has 0 radical (unpaired) electrons. The highest BCUT2D eigenvalue weighted by Crippen LogP contribution is 2.29. The van der Waals surface area contributed by atoms with Crippen LogP contribution in [0.4, 0.5) is 0 Å². The Kier molecular flexibility index (Phi) is 5.41. The summed E-state index contributed by atoms with van der Waals surface area (Å²) in [4.78, 5) is 11.5. The van der Waals surface area contributed by atoms with E-state index in [1.54, 1.807) is 12.1 Å². The molecule has 0 bridgehead atoms. The zero-order chi connectivity index (χ0) is 18.9. The number of rotatable bonds is 5. The van der Waals surface area contributed by atoms with Crippen molar-refractivity contribution in [1.29, 1.82) is 0 Å². The van der Waals surface area contributed by atoms with Gasteiger partial charge in [0, 0.05) is 6.04 Å². The summed E-state index contributed by atoms with van der Waals surface area (Å²) in [5.74, 6) is -1.32. The Balaban J connectivity index is 1.89. The molecular weight excluding hydrogens is 378 g/mol. The number of nitrogens with one attached hydrogen (secondary N) is 1. The molecule has 7 nitrogen and oxygen atoms in total. The molecule has 1 heterocycles. The van der Waals surface area contributed by atoms with E-state index < -0.39 is 42.7 Å². The number of methoxy groups -OCH3 is 1. The van der Waals surface area contributed by atoms with Gasteiger partial charge in [0.15, 0.2) is 19.7 Å². The first-order chi connectivity index (χ1) is 12.2. The predicted octanol–water partition coefficient (Wildman–Crippen LogP) is 0.267. The van der Waals surface area contributed by atoms with Gasteiger partial charge in [0.05, 0.1) is 35.3 Å². The second-order valence-corrected chi connectivity index (χ2v) is 11.2. The van der Waals surface area contributed by atoms with Crippen molar-refractivity contribution < 1.29 is 26.4 Å². The summed E-state index contributed by atoms with van der Waals surface area (Å²) in [6, 6.07) is 4.26. The first-order valence-electron chi connectivity index (χ1n) is 8.59. The number of fused-ring (bicyclic) bond motifs is 1. The Hall–Kier alpha value is -1.45. The lowest BCUT2D eigenvalue weighted by Crippen LogP contribution is -2.45. The fraction of sp³-hybridized carbons (Fsp3) is 0.588. The van der Waals surface area contributed by atoms with Gasteiger partial charge in [-0.15, -0.1) is 0 Å². The van der Waals surface area contributed by atoms with Crippen LogP contribution in [0.25, 0.3) is 0 Å². The van der Waals surface area contributed by atoms with Gasteiger partial charge in [0.2, 0.25) is 0 Å². The molecule has 1 N–H and O–H groups in total. The molecule has 0 unspecified atom stereocenters. The molecule has 2 aliphatic rings. The minimum atomic E-state index is -3.84. The van der Waals surface area contributed by atoms with Crippen LogP contribution in [-0.4, -0.2) is 59.3 Å². The number of aryl methyl sites for hydroxylation is 2. The molecule has 26 heavy (non-hydrogen) atoms. The van der Waals surface area contributed by atoms with E-state index in [-0.39, 0.29) is 17.2 Å². The molecular formula is C17H23NO6S2. The molecule has 1 saturated heterocycles. The largest absolute Gasteiger partial charge is 0.468 e. The minimum absolute atomic E-state index is 0.158. The number of hydrogen-bond donors (Lipinski definition) is 1. The standard InChI is InChI=1S/C17H23NO6S2/c1-24-17(19)9-18-15-10-25(20,21)11-16(15)26(22,23)14-7-6-12-4-2-3-5-13(12)8-14/h6-8,15-16,18H,2-5,9-11H2,1H3/t15-,16-/m0/s1. The van der Waals surface area contributed by atoms with E-state index in [1.165, 1.54) is 7.11 Å². The summed E-state index contributed by atoms with van der Waals surface area (Å²) < 4.78 is 54.9. The molecule has 1 fully saturated rings. The van der Waals surface area contributed by atoms with Crippen LogP contribution < -0.4 is 5.32 Å². The average molecular weight is 402 g/mol. The van der Waals surface area contributed by atoms with Gasteiger partial charge >= 0.3 is 5.97 Å². The lowest BCUT2D eigenvalue weighted by molar-refractivity contribution is -0.139. The van der Waals surface area contributed by atoms with Gasteiger partial charge in [-0.25, -0.2) is 16.8 Å². The lowest BCUT2D eigenvalue weighted by Gasteiger charge is -2.21. The van der Waals surface area contributed by atoms with Crippen LogP contribution in [0.5, 0.6) is 0 Å². The summed E-state index contributed by atoms with van der Waals surface area (Å²) in [6.45, 7) is -0.229. The molecule has 1 aromatic rings. The van der Waals surface area contributed by atoms with Crippen LogP contribution in [0.15, 0.2) is 23.1 Å². The fourth-order valence-corrected chi connectivity index (χ4v) is 8.43. The monoisotopic (exact) mass is 401 g/mol. The minimum Gasteiger partial charge on any atom is -0.468 e. The summed E-state index contributed by atoms with van der Waals surface area (Å²) in [5, 5.41) is 1.63. The lowest BCUT2D eigenvalue weighted by atomic mass is 9.92.